The summed E-state index contributed by atoms with van der Waals surface area (Å²) in [6, 6.07) is 21.7. The third-order valence-corrected chi connectivity index (χ3v) is 8.01. The van der Waals surface area contributed by atoms with Crippen LogP contribution in [0, 0.1) is 5.82 Å². The molecule has 2 aliphatic heterocycles. The molecule has 3 aromatic carbocycles. The van der Waals surface area contributed by atoms with Gasteiger partial charge in [-0.25, -0.2) is 4.39 Å². The number of aliphatic imine (C=N–C) groups is 1. The van der Waals surface area contributed by atoms with E-state index in [0.717, 1.165) is 22.0 Å². The number of anilines is 2. The molecule has 0 aliphatic carbocycles. The number of carbonyl (C=O) groups is 1. The first-order chi connectivity index (χ1) is 16.0. The highest BCUT2D eigenvalue weighted by Crippen LogP contribution is 2.51. The summed E-state index contributed by atoms with van der Waals surface area (Å²) in [5.74, 6) is -0.518. The summed E-state index contributed by atoms with van der Waals surface area (Å²) in [6.45, 7) is 0.540. The molecule has 1 amide bonds. The number of amidine groups is 1. The number of fused-ring (bicyclic) bond motifs is 1. The van der Waals surface area contributed by atoms with Crippen molar-refractivity contribution in [3.63, 3.8) is 0 Å². The quantitative estimate of drug-likeness (QED) is 0.383. The lowest BCUT2D eigenvalue weighted by Gasteiger charge is -2.17. The molecule has 4 nitrogen and oxygen atoms in total. The van der Waals surface area contributed by atoms with E-state index in [1.807, 2.05) is 48.3 Å². The number of amides is 1. The second kappa shape index (κ2) is 9.25. The van der Waals surface area contributed by atoms with E-state index in [2.05, 4.69) is 12.1 Å². The van der Waals surface area contributed by atoms with Crippen molar-refractivity contribution in [2.24, 2.45) is 4.99 Å². The van der Waals surface area contributed by atoms with Gasteiger partial charge in [0.2, 0.25) is 0 Å². The second-order valence-electron chi connectivity index (χ2n) is 7.53. The van der Waals surface area contributed by atoms with Gasteiger partial charge >= 0.3 is 0 Å². The van der Waals surface area contributed by atoms with Crippen molar-refractivity contribution in [2.45, 2.75) is 11.3 Å². The van der Waals surface area contributed by atoms with Crippen LogP contribution in [0.4, 0.5) is 15.8 Å². The van der Waals surface area contributed by atoms with E-state index in [9.17, 15) is 9.18 Å². The Hall–Kier alpha value is -2.74. The van der Waals surface area contributed by atoms with E-state index < -0.39 is 0 Å². The average Bonchev–Trinajstić information content (AvgIpc) is 3.31. The molecule has 0 N–H and O–H groups in total. The molecule has 166 valence electrons. The van der Waals surface area contributed by atoms with E-state index in [0.29, 0.717) is 27.3 Å². The number of hydrogen-bond donors (Lipinski definition) is 0. The molecule has 2 aliphatic rings. The highest BCUT2D eigenvalue weighted by molar-refractivity contribution is 8.20. The highest BCUT2D eigenvalue weighted by Gasteiger charge is 2.40. The number of carbonyl (C=O) groups excluding carboxylic acids is 1. The number of rotatable bonds is 4. The SMILES string of the molecule is CN1C(=C2SC(=NCCc3ccccc3)N(c3ccc(F)cc3)C2=O)Sc2ccc(Cl)cc21. The summed E-state index contributed by atoms with van der Waals surface area (Å²) in [6.07, 6.45) is 0.765. The minimum Gasteiger partial charge on any atom is -0.337 e. The fraction of sp³-hybridized carbons (Fsp3) is 0.120. The summed E-state index contributed by atoms with van der Waals surface area (Å²) in [4.78, 5) is 23.6. The Labute approximate surface area is 205 Å². The normalized spacial score (nSPS) is 19.0. The predicted octanol–water partition coefficient (Wildman–Crippen LogP) is 6.57. The first-order valence-corrected chi connectivity index (χ1v) is 12.3. The first kappa shape index (κ1) is 22.1. The summed E-state index contributed by atoms with van der Waals surface area (Å²) >= 11 is 9.08. The molecule has 33 heavy (non-hydrogen) atoms. The molecule has 5 rings (SSSR count). The van der Waals surface area contributed by atoms with Crippen molar-refractivity contribution in [1.82, 2.24) is 0 Å². The van der Waals surface area contributed by atoms with Crippen molar-refractivity contribution in [1.29, 1.82) is 0 Å². The zero-order chi connectivity index (χ0) is 22.9. The number of benzene rings is 3. The largest absolute Gasteiger partial charge is 0.337 e. The molecule has 2 heterocycles. The van der Waals surface area contributed by atoms with Crippen molar-refractivity contribution < 1.29 is 9.18 Å². The predicted molar refractivity (Wildman–Crippen MR) is 137 cm³/mol. The molecular formula is C25H19ClFN3OS2. The van der Waals surface area contributed by atoms with E-state index in [1.54, 1.807) is 17.0 Å². The Bertz CT molecular complexity index is 1280. The Kier molecular flexibility index (Phi) is 6.19. The maximum Gasteiger partial charge on any atom is 0.274 e. The molecule has 0 unspecified atom stereocenters. The topological polar surface area (TPSA) is 35.9 Å². The Morgan fingerprint density at radius 1 is 1.00 bits per heavy atom. The van der Waals surface area contributed by atoms with Gasteiger partial charge in [0.1, 0.15) is 10.7 Å². The van der Waals surface area contributed by atoms with Crippen LogP contribution in [0.15, 0.2) is 92.6 Å². The summed E-state index contributed by atoms with van der Waals surface area (Å²) in [5.41, 5.74) is 2.74. The van der Waals surface area contributed by atoms with Crippen LogP contribution in [0.3, 0.4) is 0 Å². The third-order valence-electron chi connectivity index (χ3n) is 5.35. The van der Waals surface area contributed by atoms with Crippen molar-refractivity contribution in [3.8, 4) is 0 Å². The van der Waals surface area contributed by atoms with Crippen molar-refractivity contribution in [3.05, 3.63) is 99.1 Å². The monoisotopic (exact) mass is 495 g/mol. The zero-order valence-corrected chi connectivity index (χ0v) is 20.1. The van der Waals surface area contributed by atoms with Crippen LogP contribution in [-0.4, -0.2) is 24.7 Å². The van der Waals surface area contributed by atoms with Gasteiger partial charge in [0.15, 0.2) is 5.17 Å². The van der Waals surface area contributed by atoms with Gasteiger partial charge in [0, 0.05) is 23.5 Å². The number of hydrogen-bond acceptors (Lipinski definition) is 5. The molecule has 0 bridgehead atoms. The Morgan fingerprint density at radius 2 is 1.76 bits per heavy atom. The summed E-state index contributed by atoms with van der Waals surface area (Å²) in [7, 11) is 1.93. The molecule has 0 spiro atoms. The van der Waals surface area contributed by atoms with Crippen LogP contribution in [0.1, 0.15) is 5.56 Å². The van der Waals surface area contributed by atoms with Gasteiger partial charge < -0.3 is 4.90 Å². The van der Waals surface area contributed by atoms with Crippen LogP contribution in [0.25, 0.3) is 0 Å². The zero-order valence-electron chi connectivity index (χ0n) is 17.7. The van der Waals surface area contributed by atoms with Crippen LogP contribution >= 0.6 is 35.1 Å². The van der Waals surface area contributed by atoms with E-state index in [4.69, 9.17) is 16.6 Å². The van der Waals surface area contributed by atoms with E-state index in [-0.39, 0.29) is 11.7 Å². The van der Waals surface area contributed by atoms with Crippen LogP contribution < -0.4 is 9.80 Å². The second-order valence-corrected chi connectivity index (χ2v) is 9.97. The number of nitrogens with zero attached hydrogens (tertiary/aromatic N) is 3. The lowest BCUT2D eigenvalue weighted by molar-refractivity contribution is -0.113. The van der Waals surface area contributed by atoms with E-state index >= 15 is 0 Å². The lowest BCUT2D eigenvalue weighted by atomic mass is 10.2. The summed E-state index contributed by atoms with van der Waals surface area (Å²) in [5, 5.41) is 2.07. The fourth-order valence-electron chi connectivity index (χ4n) is 3.67. The van der Waals surface area contributed by atoms with Gasteiger partial charge in [-0.2, -0.15) is 0 Å². The molecular weight excluding hydrogens is 477 g/mol. The first-order valence-electron chi connectivity index (χ1n) is 10.3. The standard InChI is InChI=1S/C25H19ClFN3OS2/c1-29-20-15-17(26)7-12-21(20)32-24(29)22-23(31)30(19-10-8-18(27)9-11-19)25(33-22)28-14-13-16-5-3-2-4-6-16/h2-12,15H,13-14H2,1H3. The van der Waals surface area contributed by atoms with Crippen LogP contribution in [0.5, 0.6) is 0 Å². The van der Waals surface area contributed by atoms with Crippen molar-refractivity contribution >= 4 is 57.6 Å². The molecule has 0 atom stereocenters. The van der Waals surface area contributed by atoms with Gasteiger partial charge in [-0.3, -0.25) is 14.7 Å². The van der Waals surface area contributed by atoms with Gasteiger partial charge in [-0.05, 0) is 66.2 Å². The van der Waals surface area contributed by atoms with Crippen LogP contribution in [0.2, 0.25) is 5.02 Å². The average molecular weight is 496 g/mol. The maximum absolute atomic E-state index is 13.6. The minimum absolute atomic E-state index is 0.168. The number of halogens is 2. The number of thioether (sulfide) groups is 2. The molecule has 0 saturated carbocycles. The maximum atomic E-state index is 13.6. The lowest BCUT2D eigenvalue weighted by Crippen LogP contribution is -2.29. The smallest absolute Gasteiger partial charge is 0.274 e. The Morgan fingerprint density at radius 3 is 2.52 bits per heavy atom. The van der Waals surface area contributed by atoms with Crippen molar-refractivity contribution in [2.75, 3.05) is 23.4 Å². The fourth-order valence-corrected chi connectivity index (χ4v) is 6.17. The van der Waals surface area contributed by atoms with Gasteiger partial charge in [0.05, 0.1) is 16.4 Å². The molecule has 8 heteroatoms. The van der Waals surface area contributed by atoms with E-state index in [1.165, 1.54) is 41.2 Å². The highest BCUT2D eigenvalue weighted by atomic mass is 35.5. The molecule has 0 aromatic heterocycles. The van der Waals surface area contributed by atoms with Gasteiger partial charge in [-0.1, -0.05) is 53.7 Å². The Balaban J connectivity index is 1.49. The molecule has 1 fully saturated rings. The molecule has 0 radical (unpaired) electrons. The van der Waals surface area contributed by atoms with Gasteiger partial charge in [0.25, 0.3) is 5.91 Å². The molecule has 1 saturated heterocycles. The third kappa shape index (κ3) is 4.40. The van der Waals surface area contributed by atoms with Crippen LogP contribution in [-0.2, 0) is 11.2 Å². The molecule has 3 aromatic rings. The van der Waals surface area contributed by atoms with Gasteiger partial charge in [-0.15, -0.1) is 0 Å². The summed E-state index contributed by atoms with van der Waals surface area (Å²) < 4.78 is 13.5. The minimum atomic E-state index is -0.349.